The van der Waals surface area contributed by atoms with Gasteiger partial charge in [-0.25, -0.2) is 4.79 Å². The zero-order chi connectivity index (χ0) is 11.7. The summed E-state index contributed by atoms with van der Waals surface area (Å²) in [5, 5.41) is 0. The monoisotopic (exact) mass is 280 g/mol. The van der Waals surface area contributed by atoms with Crippen molar-refractivity contribution in [3.05, 3.63) is 55.6 Å². The molecule has 0 spiro atoms. The molecule has 1 N–H and O–H groups in total. The van der Waals surface area contributed by atoms with E-state index in [9.17, 15) is 9.59 Å². The Bertz CT molecular complexity index is 629. The summed E-state index contributed by atoms with van der Waals surface area (Å²) in [4.78, 5) is 25.8. The van der Waals surface area contributed by atoms with Gasteiger partial charge in [0.15, 0.2) is 0 Å². The first kappa shape index (κ1) is 10.9. The summed E-state index contributed by atoms with van der Waals surface area (Å²) < 4.78 is 1.39. The number of aromatic amines is 1. The van der Waals surface area contributed by atoms with Gasteiger partial charge >= 0.3 is 5.69 Å². The molecule has 1 heterocycles. The molecule has 2 aromatic rings. The molecule has 0 fully saturated rings. The first-order valence-corrected chi connectivity index (χ1v) is 5.45. The molecule has 0 aliphatic rings. The van der Waals surface area contributed by atoms with Gasteiger partial charge in [-0.15, -0.1) is 0 Å². The molecular formula is C11H9BrN2O2. The molecule has 82 valence electrons. The molecule has 1 aromatic carbocycles. The highest BCUT2D eigenvalue weighted by atomic mass is 79.9. The van der Waals surface area contributed by atoms with Crippen molar-refractivity contribution in [1.29, 1.82) is 0 Å². The molecule has 0 amide bonds. The second kappa shape index (κ2) is 4.09. The van der Waals surface area contributed by atoms with Crippen molar-refractivity contribution < 1.29 is 0 Å². The van der Waals surface area contributed by atoms with Crippen LogP contribution in [-0.4, -0.2) is 9.55 Å². The Labute approximate surface area is 99.7 Å². The zero-order valence-electron chi connectivity index (χ0n) is 8.53. The maximum absolute atomic E-state index is 11.7. The highest BCUT2D eigenvalue weighted by Crippen LogP contribution is 2.21. The van der Waals surface area contributed by atoms with Crippen LogP contribution in [0.25, 0.3) is 11.3 Å². The van der Waals surface area contributed by atoms with Gasteiger partial charge in [0, 0.05) is 7.05 Å². The van der Waals surface area contributed by atoms with Crippen LogP contribution >= 0.6 is 15.9 Å². The lowest BCUT2D eigenvalue weighted by atomic mass is 10.1. The summed E-state index contributed by atoms with van der Waals surface area (Å²) >= 11 is 3.20. The number of nitrogens with one attached hydrogen (secondary N) is 1. The quantitative estimate of drug-likeness (QED) is 0.861. The number of aromatic nitrogens is 2. The maximum Gasteiger partial charge on any atom is 0.328 e. The average Bonchev–Trinajstić information content (AvgIpc) is 2.32. The molecule has 4 nitrogen and oxygen atoms in total. The third-order valence-corrected chi connectivity index (χ3v) is 3.05. The van der Waals surface area contributed by atoms with Crippen molar-refractivity contribution >= 4 is 15.9 Å². The number of hydrogen-bond donors (Lipinski definition) is 1. The Balaban J connectivity index is 2.78. The van der Waals surface area contributed by atoms with Crippen molar-refractivity contribution in [3.63, 3.8) is 0 Å². The van der Waals surface area contributed by atoms with E-state index in [1.165, 1.54) is 7.05 Å². The summed E-state index contributed by atoms with van der Waals surface area (Å²) in [6.07, 6.45) is 0. The highest BCUT2D eigenvalue weighted by molar-refractivity contribution is 9.10. The molecule has 0 atom stereocenters. The number of hydrogen-bond acceptors (Lipinski definition) is 2. The van der Waals surface area contributed by atoms with E-state index in [4.69, 9.17) is 0 Å². The topological polar surface area (TPSA) is 54.9 Å². The number of benzene rings is 1. The lowest BCUT2D eigenvalue weighted by Crippen LogP contribution is -2.33. The number of H-pyrrole nitrogens is 1. The van der Waals surface area contributed by atoms with Crippen molar-refractivity contribution in [2.45, 2.75) is 0 Å². The van der Waals surface area contributed by atoms with Crippen molar-refractivity contribution in [2.24, 2.45) is 7.05 Å². The van der Waals surface area contributed by atoms with Gasteiger partial charge in [0.1, 0.15) is 4.47 Å². The Kier molecular flexibility index (Phi) is 2.78. The predicted octanol–water partition coefficient (Wildman–Crippen LogP) is 1.50. The molecule has 1 aromatic heterocycles. The molecule has 0 aliphatic heterocycles. The number of rotatable bonds is 1. The van der Waals surface area contributed by atoms with Crippen LogP contribution in [0.15, 0.2) is 44.4 Å². The minimum atomic E-state index is -0.424. The van der Waals surface area contributed by atoms with Gasteiger partial charge in [-0.05, 0) is 21.5 Å². The van der Waals surface area contributed by atoms with Gasteiger partial charge in [0.25, 0.3) is 5.56 Å². The number of nitrogens with zero attached hydrogens (tertiary/aromatic N) is 1. The van der Waals surface area contributed by atoms with Crippen LogP contribution in [0.5, 0.6) is 0 Å². The minimum absolute atomic E-state index is 0.345. The molecule has 5 heteroatoms. The molecule has 0 saturated heterocycles. The normalized spacial score (nSPS) is 10.4. The van der Waals surface area contributed by atoms with Gasteiger partial charge < -0.3 is 4.98 Å². The van der Waals surface area contributed by atoms with Crippen LogP contribution < -0.4 is 11.2 Å². The van der Waals surface area contributed by atoms with Crippen molar-refractivity contribution in [3.8, 4) is 11.3 Å². The van der Waals surface area contributed by atoms with E-state index in [1.54, 1.807) is 0 Å². The maximum atomic E-state index is 11.7. The fourth-order valence-corrected chi connectivity index (χ4v) is 1.99. The van der Waals surface area contributed by atoms with E-state index < -0.39 is 5.69 Å². The number of halogens is 1. The highest BCUT2D eigenvalue weighted by Gasteiger charge is 2.10. The fraction of sp³-hybridized carbons (Fsp3) is 0.0909. The molecule has 16 heavy (non-hydrogen) atoms. The summed E-state index contributed by atoms with van der Waals surface area (Å²) in [6, 6.07) is 9.22. The van der Waals surface area contributed by atoms with E-state index in [-0.39, 0.29) is 5.56 Å². The van der Waals surface area contributed by atoms with Crippen molar-refractivity contribution in [1.82, 2.24) is 9.55 Å². The van der Waals surface area contributed by atoms with Crippen LogP contribution in [0.3, 0.4) is 0 Å². The smallest absolute Gasteiger partial charge is 0.306 e. The van der Waals surface area contributed by atoms with Gasteiger partial charge in [-0.2, -0.15) is 0 Å². The molecule has 2 rings (SSSR count). The molecule has 0 saturated carbocycles. The summed E-state index contributed by atoms with van der Waals surface area (Å²) in [6.45, 7) is 0. The van der Waals surface area contributed by atoms with E-state index in [2.05, 4.69) is 20.9 Å². The van der Waals surface area contributed by atoms with Crippen LogP contribution in [0.2, 0.25) is 0 Å². The average molecular weight is 281 g/mol. The molecule has 0 bridgehead atoms. The molecule has 0 unspecified atom stereocenters. The Morgan fingerprint density at radius 2 is 1.81 bits per heavy atom. The van der Waals surface area contributed by atoms with E-state index in [1.807, 2.05) is 30.3 Å². The zero-order valence-corrected chi connectivity index (χ0v) is 10.1. The predicted molar refractivity (Wildman–Crippen MR) is 65.4 cm³/mol. The minimum Gasteiger partial charge on any atom is -0.306 e. The second-order valence-electron chi connectivity index (χ2n) is 3.35. The third kappa shape index (κ3) is 1.74. The van der Waals surface area contributed by atoms with Gasteiger partial charge in [-0.1, -0.05) is 30.3 Å². The van der Waals surface area contributed by atoms with Crippen LogP contribution in [0.1, 0.15) is 0 Å². The largest absolute Gasteiger partial charge is 0.328 e. The van der Waals surface area contributed by atoms with Gasteiger partial charge in [0.05, 0.1) is 5.69 Å². The summed E-state index contributed by atoms with van der Waals surface area (Å²) in [7, 11) is 1.43. The van der Waals surface area contributed by atoms with Crippen LogP contribution in [0.4, 0.5) is 0 Å². The Hall–Kier alpha value is -1.62. The van der Waals surface area contributed by atoms with Gasteiger partial charge in [0.2, 0.25) is 0 Å². The lowest BCUT2D eigenvalue weighted by Gasteiger charge is -2.05. The molecule has 0 radical (unpaired) electrons. The lowest BCUT2D eigenvalue weighted by molar-refractivity contribution is 0.772. The second-order valence-corrected chi connectivity index (χ2v) is 4.14. The van der Waals surface area contributed by atoms with E-state index in [0.717, 1.165) is 10.1 Å². The van der Waals surface area contributed by atoms with Crippen LogP contribution in [0, 0.1) is 0 Å². The van der Waals surface area contributed by atoms with Gasteiger partial charge in [-0.3, -0.25) is 9.36 Å². The Morgan fingerprint density at radius 1 is 1.19 bits per heavy atom. The summed E-state index contributed by atoms with van der Waals surface area (Å²) in [5.74, 6) is 0. The van der Waals surface area contributed by atoms with Crippen LogP contribution in [-0.2, 0) is 7.05 Å². The SMILES string of the molecule is Cn1c(=O)[nH]c(-c2ccccc2)c(Br)c1=O. The third-order valence-electron chi connectivity index (χ3n) is 2.31. The molecular weight excluding hydrogens is 272 g/mol. The Morgan fingerprint density at radius 3 is 2.44 bits per heavy atom. The first-order chi connectivity index (χ1) is 7.61. The van der Waals surface area contributed by atoms with Crippen molar-refractivity contribution in [2.75, 3.05) is 0 Å². The summed E-state index contributed by atoms with van der Waals surface area (Å²) in [5.41, 5.74) is 0.535. The first-order valence-electron chi connectivity index (χ1n) is 4.65. The van der Waals surface area contributed by atoms with E-state index >= 15 is 0 Å². The standard InChI is InChI=1S/C11H9BrN2O2/c1-14-10(15)8(12)9(13-11(14)16)7-5-3-2-4-6-7/h2-6H,1H3,(H,13,16). The molecule has 0 aliphatic carbocycles. The fourth-order valence-electron chi connectivity index (χ4n) is 1.40. The van der Waals surface area contributed by atoms with E-state index in [0.29, 0.717) is 10.2 Å².